The van der Waals surface area contributed by atoms with Crippen LogP contribution < -0.4 is 0 Å². The molecule has 0 bridgehead atoms. The Morgan fingerprint density at radius 3 is 0.889 bits per heavy atom. The maximum absolute atomic E-state index is 4.87. The van der Waals surface area contributed by atoms with Crippen molar-refractivity contribution in [2.45, 2.75) is 0 Å². The van der Waals surface area contributed by atoms with Crippen LogP contribution in [0.3, 0.4) is 0 Å². The first-order valence-electron chi connectivity index (χ1n) is 11.3. The van der Waals surface area contributed by atoms with Gasteiger partial charge in [-0.3, -0.25) is 0 Å². The summed E-state index contributed by atoms with van der Waals surface area (Å²) in [6, 6.07) is 29.0. The number of rotatable bonds is 3. The van der Waals surface area contributed by atoms with E-state index in [1.54, 1.807) is 0 Å². The molecule has 9 nitrogen and oxygen atoms in total. The normalized spacial score (nSPS) is 11.3. The van der Waals surface area contributed by atoms with Crippen molar-refractivity contribution in [1.82, 2.24) is 45.5 Å². The molecule has 0 atom stereocenters. The van der Waals surface area contributed by atoms with Crippen molar-refractivity contribution in [2.75, 3.05) is 0 Å². The SMILES string of the molecule is c1ccc(-c2nnc3c4nnc(-c5ccccc5)nc4c4nc(-c5ccccc5)nnc4c3n2)cc1. The lowest BCUT2D eigenvalue weighted by Crippen LogP contribution is -2.04. The van der Waals surface area contributed by atoms with E-state index in [1.807, 2.05) is 91.0 Å². The molecule has 0 aliphatic heterocycles. The Labute approximate surface area is 204 Å². The number of hydrogen-bond acceptors (Lipinski definition) is 9. The zero-order valence-electron chi connectivity index (χ0n) is 18.7. The Hall–Kier alpha value is -5.31. The summed E-state index contributed by atoms with van der Waals surface area (Å²) in [5, 5.41) is 26.6. The Morgan fingerprint density at radius 2 is 0.556 bits per heavy atom. The van der Waals surface area contributed by atoms with Gasteiger partial charge in [0, 0.05) is 16.7 Å². The van der Waals surface area contributed by atoms with Gasteiger partial charge in [-0.2, -0.15) is 0 Å². The minimum Gasteiger partial charge on any atom is -0.222 e. The summed E-state index contributed by atoms with van der Waals surface area (Å²) >= 11 is 0. The first kappa shape index (κ1) is 20.1. The molecular formula is C27H15N9. The van der Waals surface area contributed by atoms with Gasteiger partial charge in [-0.25, -0.2) is 15.0 Å². The van der Waals surface area contributed by atoms with Crippen LogP contribution in [0.2, 0.25) is 0 Å². The van der Waals surface area contributed by atoms with Gasteiger partial charge < -0.3 is 0 Å². The summed E-state index contributed by atoms with van der Waals surface area (Å²) < 4.78 is 0. The lowest BCUT2D eigenvalue weighted by atomic mass is 10.1. The van der Waals surface area contributed by atoms with Gasteiger partial charge in [-0.1, -0.05) is 91.0 Å². The highest BCUT2D eigenvalue weighted by Crippen LogP contribution is 2.31. The minimum absolute atomic E-state index is 0.445. The van der Waals surface area contributed by atoms with Gasteiger partial charge in [0.25, 0.3) is 0 Å². The van der Waals surface area contributed by atoms with Gasteiger partial charge in [-0.05, 0) is 0 Å². The second kappa shape index (κ2) is 8.17. The predicted molar refractivity (Wildman–Crippen MR) is 135 cm³/mol. The smallest absolute Gasteiger partial charge is 0.182 e. The van der Waals surface area contributed by atoms with E-state index >= 15 is 0 Å². The highest BCUT2D eigenvalue weighted by Gasteiger charge is 2.20. The van der Waals surface area contributed by atoms with Crippen LogP contribution >= 0.6 is 0 Å². The van der Waals surface area contributed by atoms with Crippen LogP contribution in [0.15, 0.2) is 91.0 Å². The highest BCUT2D eigenvalue weighted by atomic mass is 15.2. The van der Waals surface area contributed by atoms with Gasteiger partial charge in [0.1, 0.15) is 33.1 Å². The van der Waals surface area contributed by atoms with Gasteiger partial charge >= 0.3 is 0 Å². The fourth-order valence-corrected chi connectivity index (χ4v) is 4.08. The third-order valence-corrected chi connectivity index (χ3v) is 5.83. The molecule has 0 spiro atoms. The third-order valence-electron chi connectivity index (χ3n) is 5.83. The van der Waals surface area contributed by atoms with Crippen LogP contribution in [0.25, 0.3) is 67.3 Å². The number of hydrogen-bond donors (Lipinski definition) is 0. The zero-order valence-corrected chi connectivity index (χ0v) is 18.7. The van der Waals surface area contributed by atoms with Gasteiger partial charge in [0.15, 0.2) is 17.5 Å². The molecular weight excluding hydrogens is 450 g/mol. The quantitative estimate of drug-likeness (QED) is 0.342. The van der Waals surface area contributed by atoms with Crippen molar-refractivity contribution in [3.05, 3.63) is 91.0 Å². The summed E-state index contributed by atoms with van der Waals surface area (Å²) in [6.07, 6.45) is 0. The minimum atomic E-state index is 0.445. The molecule has 168 valence electrons. The molecule has 36 heavy (non-hydrogen) atoms. The van der Waals surface area contributed by atoms with Crippen LogP contribution in [0.1, 0.15) is 0 Å². The average Bonchev–Trinajstić information content (AvgIpc) is 2.98. The molecule has 7 aromatic rings. The summed E-state index contributed by atoms with van der Waals surface area (Å²) in [5.41, 5.74) is 5.44. The van der Waals surface area contributed by atoms with Crippen molar-refractivity contribution < 1.29 is 0 Å². The Balaban J connectivity index is 1.57. The number of benzene rings is 4. The molecule has 9 heteroatoms. The molecule has 0 unspecified atom stereocenters. The van der Waals surface area contributed by atoms with E-state index in [9.17, 15) is 0 Å². The molecule has 0 N–H and O–H groups in total. The maximum atomic E-state index is 4.87. The monoisotopic (exact) mass is 465 g/mol. The van der Waals surface area contributed by atoms with E-state index in [2.05, 4.69) is 30.6 Å². The van der Waals surface area contributed by atoms with Crippen molar-refractivity contribution in [3.8, 4) is 34.2 Å². The molecule has 0 amide bonds. The summed E-state index contributed by atoms with van der Waals surface area (Å²) in [5.74, 6) is 1.43. The maximum Gasteiger partial charge on any atom is 0.182 e. The predicted octanol–water partition coefficient (Wildman–Crippen LogP) is 4.70. The van der Waals surface area contributed by atoms with Crippen LogP contribution in [-0.4, -0.2) is 45.5 Å². The molecule has 0 fully saturated rings. The third kappa shape index (κ3) is 3.30. The van der Waals surface area contributed by atoms with E-state index in [1.165, 1.54) is 0 Å². The first-order chi connectivity index (χ1) is 17.8. The van der Waals surface area contributed by atoms with Gasteiger partial charge in [-0.15, -0.1) is 30.6 Å². The second-order valence-electron chi connectivity index (χ2n) is 8.10. The van der Waals surface area contributed by atoms with Crippen LogP contribution in [0, 0.1) is 0 Å². The molecule has 0 aliphatic rings. The molecule has 0 saturated heterocycles. The fourth-order valence-electron chi connectivity index (χ4n) is 4.08. The molecule has 3 aromatic heterocycles. The van der Waals surface area contributed by atoms with Crippen LogP contribution in [-0.2, 0) is 0 Å². The number of fused-ring (bicyclic) bond motifs is 6. The van der Waals surface area contributed by atoms with Crippen molar-refractivity contribution >= 4 is 33.1 Å². The summed E-state index contributed by atoms with van der Waals surface area (Å²) in [7, 11) is 0. The average molecular weight is 465 g/mol. The molecule has 7 rings (SSSR count). The van der Waals surface area contributed by atoms with Gasteiger partial charge in [0.2, 0.25) is 0 Å². The molecule has 0 aliphatic carbocycles. The number of nitrogens with zero attached hydrogens (tertiary/aromatic N) is 9. The molecule has 0 radical (unpaired) electrons. The van der Waals surface area contributed by atoms with Crippen molar-refractivity contribution in [2.24, 2.45) is 0 Å². The largest absolute Gasteiger partial charge is 0.222 e. The van der Waals surface area contributed by atoms with Crippen LogP contribution in [0.5, 0.6) is 0 Å². The summed E-state index contributed by atoms with van der Waals surface area (Å²) in [4.78, 5) is 14.5. The fraction of sp³-hybridized carbons (Fsp3) is 0. The summed E-state index contributed by atoms with van der Waals surface area (Å²) in [6.45, 7) is 0. The highest BCUT2D eigenvalue weighted by molar-refractivity contribution is 6.17. The lowest BCUT2D eigenvalue weighted by Gasteiger charge is -2.09. The molecule has 3 heterocycles. The standard InChI is InChI=1S/C27H15N9/c1-4-10-16(11-5-1)25-28-19-20-23(32-35-26(29-20)17-12-6-2-7-13-17)24-21(22(19)31-34-25)30-27(36-33-24)18-14-8-3-9-15-18/h1-15H. The van der Waals surface area contributed by atoms with Crippen LogP contribution in [0.4, 0.5) is 0 Å². The van der Waals surface area contributed by atoms with E-state index in [-0.39, 0.29) is 0 Å². The topological polar surface area (TPSA) is 116 Å². The van der Waals surface area contributed by atoms with Crippen molar-refractivity contribution in [3.63, 3.8) is 0 Å². The van der Waals surface area contributed by atoms with Gasteiger partial charge in [0.05, 0.1) is 0 Å². The zero-order chi connectivity index (χ0) is 23.9. The van der Waals surface area contributed by atoms with Crippen molar-refractivity contribution in [1.29, 1.82) is 0 Å². The second-order valence-corrected chi connectivity index (χ2v) is 8.10. The van der Waals surface area contributed by atoms with E-state index in [0.29, 0.717) is 50.6 Å². The first-order valence-corrected chi connectivity index (χ1v) is 11.3. The Morgan fingerprint density at radius 1 is 0.278 bits per heavy atom. The molecule has 4 aromatic carbocycles. The Bertz CT molecular complexity index is 1880. The Kier molecular flexibility index (Phi) is 4.56. The van der Waals surface area contributed by atoms with E-state index in [0.717, 1.165) is 16.7 Å². The lowest BCUT2D eigenvalue weighted by molar-refractivity contribution is 0.999. The van der Waals surface area contributed by atoms with E-state index in [4.69, 9.17) is 15.0 Å². The van der Waals surface area contributed by atoms with E-state index < -0.39 is 0 Å². The molecule has 0 saturated carbocycles. The number of aromatic nitrogens is 9.